The van der Waals surface area contributed by atoms with Crippen LogP contribution in [0.5, 0.6) is 0 Å². The molecule has 1 fully saturated rings. The molecule has 0 spiro atoms. The van der Waals surface area contributed by atoms with Crippen molar-refractivity contribution in [3.05, 3.63) is 0 Å². The number of carbonyl (C=O) groups excluding carboxylic acids is 1. The van der Waals surface area contributed by atoms with Gasteiger partial charge in [0.25, 0.3) is 0 Å². The zero-order valence-electron chi connectivity index (χ0n) is 8.93. The Morgan fingerprint density at radius 2 is 1.86 bits per heavy atom. The molecule has 0 N–H and O–H groups in total. The summed E-state index contributed by atoms with van der Waals surface area (Å²) >= 11 is 0. The Morgan fingerprint density at radius 1 is 1.21 bits per heavy atom. The number of rotatable bonds is 4. The maximum Gasteiger partial charge on any atom is 0.134 e. The Hall–Kier alpha value is -0.770. The highest BCUT2D eigenvalue weighted by Gasteiger charge is 2.15. The molecule has 0 aliphatic heterocycles. The third-order valence-corrected chi connectivity index (χ3v) is 3.04. The van der Waals surface area contributed by atoms with Crippen LogP contribution in [0.4, 0.5) is 0 Å². The van der Waals surface area contributed by atoms with Gasteiger partial charge in [-0.05, 0) is 5.92 Å². The molecule has 0 atom stereocenters. The van der Waals surface area contributed by atoms with Crippen molar-refractivity contribution in [2.45, 2.75) is 57.8 Å². The highest BCUT2D eigenvalue weighted by Crippen LogP contribution is 2.25. The van der Waals surface area contributed by atoms with Crippen molar-refractivity contribution in [1.82, 2.24) is 0 Å². The average Bonchev–Trinajstić information content (AvgIpc) is 2.43. The van der Waals surface area contributed by atoms with E-state index in [2.05, 4.69) is 5.92 Å². The molecule has 14 heavy (non-hydrogen) atoms. The summed E-state index contributed by atoms with van der Waals surface area (Å²) in [5, 5.41) is 0. The number of terminal acetylenes is 1. The first kappa shape index (κ1) is 11.3. The summed E-state index contributed by atoms with van der Waals surface area (Å²) in [6, 6.07) is 0. The molecule has 1 aliphatic rings. The lowest BCUT2D eigenvalue weighted by atomic mass is 9.93. The van der Waals surface area contributed by atoms with E-state index >= 15 is 0 Å². The number of carbonyl (C=O) groups is 1. The molecule has 1 aliphatic carbocycles. The number of ketones is 1. The van der Waals surface area contributed by atoms with Gasteiger partial charge >= 0.3 is 0 Å². The van der Waals surface area contributed by atoms with Crippen molar-refractivity contribution in [3.8, 4) is 12.3 Å². The third-order valence-electron chi connectivity index (χ3n) is 3.04. The topological polar surface area (TPSA) is 17.1 Å². The molecule has 0 aromatic rings. The van der Waals surface area contributed by atoms with E-state index in [1.807, 2.05) is 0 Å². The Kier molecular flexibility index (Phi) is 5.37. The average molecular weight is 192 g/mol. The molecule has 0 heterocycles. The van der Waals surface area contributed by atoms with Crippen molar-refractivity contribution in [2.75, 3.05) is 0 Å². The van der Waals surface area contributed by atoms with E-state index in [9.17, 15) is 4.79 Å². The van der Waals surface area contributed by atoms with E-state index in [1.165, 1.54) is 38.5 Å². The van der Waals surface area contributed by atoms with Gasteiger partial charge in [-0.1, -0.05) is 38.5 Å². The first-order valence-electron chi connectivity index (χ1n) is 5.78. The van der Waals surface area contributed by atoms with E-state index in [0.29, 0.717) is 24.5 Å². The molecule has 0 unspecified atom stereocenters. The van der Waals surface area contributed by atoms with Crippen LogP contribution in [0, 0.1) is 18.3 Å². The second-order valence-electron chi connectivity index (χ2n) is 4.30. The van der Waals surface area contributed by atoms with Gasteiger partial charge < -0.3 is 0 Å². The summed E-state index contributed by atoms with van der Waals surface area (Å²) in [5.41, 5.74) is 0. The lowest BCUT2D eigenvalue weighted by molar-refractivity contribution is -0.119. The molecule has 1 rings (SSSR count). The molecule has 0 saturated heterocycles. The highest BCUT2D eigenvalue weighted by atomic mass is 16.1. The standard InChI is InChI=1S/C13H20O/c1-2-3-10-13(14)11-12-8-6-4-5-7-9-12/h1,12H,3-11H2. The predicted octanol–water partition coefficient (Wildman–Crippen LogP) is 3.33. The van der Waals surface area contributed by atoms with Gasteiger partial charge in [-0.15, -0.1) is 12.3 Å². The summed E-state index contributed by atoms with van der Waals surface area (Å²) in [6.45, 7) is 0. The van der Waals surface area contributed by atoms with E-state index in [0.717, 1.165) is 6.42 Å². The number of hydrogen-bond donors (Lipinski definition) is 0. The van der Waals surface area contributed by atoms with Crippen LogP contribution in [0.1, 0.15) is 57.8 Å². The monoisotopic (exact) mass is 192 g/mol. The highest BCUT2D eigenvalue weighted by molar-refractivity contribution is 5.78. The van der Waals surface area contributed by atoms with Crippen LogP contribution in [-0.2, 0) is 4.79 Å². The van der Waals surface area contributed by atoms with Gasteiger partial charge in [-0.2, -0.15) is 0 Å². The predicted molar refractivity (Wildman–Crippen MR) is 58.9 cm³/mol. The maximum atomic E-state index is 11.5. The molecule has 0 radical (unpaired) electrons. The smallest absolute Gasteiger partial charge is 0.134 e. The number of Topliss-reactive ketones (excluding diaryl/α,β-unsaturated/α-hetero) is 1. The SMILES string of the molecule is C#CCCC(=O)CC1CCCCCC1. The molecule has 1 saturated carbocycles. The van der Waals surface area contributed by atoms with Crippen LogP contribution in [-0.4, -0.2) is 5.78 Å². The molecule has 0 aromatic carbocycles. The van der Waals surface area contributed by atoms with Gasteiger partial charge in [0.1, 0.15) is 5.78 Å². The fraction of sp³-hybridized carbons (Fsp3) is 0.769. The Labute approximate surface area is 87.3 Å². The molecule has 0 bridgehead atoms. The van der Waals surface area contributed by atoms with Crippen LogP contribution in [0.15, 0.2) is 0 Å². The van der Waals surface area contributed by atoms with Crippen molar-refractivity contribution in [1.29, 1.82) is 0 Å². The van der Waals surface area contributed by atoms with Crippen LogP contribution in [0.25, 0.3) is 0 Å². The largest absolute Gasteiger partial charge is 0.300 e. The van der Waals surface area contributed by atoms with Crippen LogP contribution in [0.3, 0.4) is 0 Å². The van der Waals surface area contributed by atoms with Crippen molar-refractivity contribution in [3.63, 3.8) is 0 Å². The quantitative estimate of drug-likeness (QED) is 0.493. The molecule has 0 amide bonds. The van der Waals surface area contributed by atoms with E-state index in [4.69, 9.17) is 6.42 Å². The van der Waals surface area contributed by atoms with Crippen LogP contribution in [0.2, 0.25) is 0 Å². The Morgan fingerprint density at radius 3 is 2.43 bits per heavy atom. The Bertz CT molecular complexity index is 204. The summed E-state index contributed by atoms with van der Waals surface area (Å²) in [7, 11) is 0. The zero-order chi connectivity index (χ0) is 10.2. The van der Waals surface area contributed by atoms with E-state index in [1.54, 1.807) is 0 Å². The fourth-order valence-electron chi connectivity index (χ4n) is 2.20. The van der Waals surface area contributed by atoms with Crippen molar-refractivity contribution >= 4 is 5.78 Å². The third kappa shape index (κ3) is 4.46. The van der Waals surface area contributed by atoms with Crippen molar-refractivity contribution < 1.29 is 4.79 Å². The molecule has 1 nitrogen and oxygen atoms in total. The molecule has 1 heteroatoms. The normalized spacial score (nSPS) is 18.5. The van der Waals surface area contributed by atoms with E-state index in [-0.39, 0.29) is 0 Å². The summed E-state index contributed by atoms with van der Waals surface area (Å²) < 4.78 is 0. The van der Waals surface area contributed by atoms with Gasteiger partial charge in [-0.25, -0.2) is 0 Å². The molecule has 78 valence electrons. The van der Waals surface area contributed by atoms with Crippen LogP contribution >= 0.6 is 0 Å². The van der Waals surface area contributed by atoms with Crippen LogP contribution < -0.4 is 0 Å². The first-order chi connectivity index (χ1) is 6.83. The summed E-state index contributed by atoms with van der Waals surface area (Å²) in [6.07, 6.45) is 15.0. The van der Waals surface area contributed by atoms with E-state index < -0.39 is 0 Å². The zero-order valence-corrected chi connectivity index (χ0v) is 8.93. The minimum absolute atomic E-state index is 0.370. The van der Waals surface area contributed by atoms with Gasteiger partial charge in [0.2, 0.25) is 0 Å². The van der Waals surface area contributed by atoms with Gasteiger partial charge in [0.05, 0.1) is 0 Å². The maximum absolute atomic E-state index is 11.5. The molecular weight excluding hydrogens is 172 g/mol. The van der Waals surface area contributed by atoms with Gasteiger partial charge in [-0.3, -0.25) is 4.79 Å². The molecular formula is C13H20O. The minimum atomic E-state index is 0.370. The Balaban J connectivity index is 2.21. The molecule has 0 aromatic heterocycles. The second-order valence-corrected chi connectivity index (χ2v) is 4.30. The summed E-state index contributed by atoms with van der Waals surface area (Å²) in [5.74, 6) is 3.55. The lowest BCUT2D eigenvalue weighted by Gasteiger charge is -2.11. The van der Waals surface area contributed by atoms with Crippen molar-refractivity contribution in [2.24, 2.45) is 5.92 Å². The van der Waals surface area contributed by atoms with Gasteiger partial charge in [0, 0.05) is 19.3 Å². The lowest BCUT2D eigenvalue weighted by Crippen LogP contribution is -2.07. The summed E-state index contributed by atoms with van der Waals surface area (Å²) in [4.78, 5) is 11.5. The fourth-order valence-corrected chi connectivity index (χ4v) is 2.20. The second kappa shape index (κ2) is 6.65. The van der Waals surface area contributed by atoms with Gasteiger partial charge in [0.15, 0.2) is 0 Å². The first-order valence-corrected chi connectivity index (χ1v) is 5.78. The minimum Gasteiger partial charge on any atom is -0.300 e. The number of hydrogen-bond acceptors (Lipinski definition) is 1.